The molecule has 0 atom stereocenters. The molecule has 0 amide bonds. The number of rotatable bonds is 8. The van der Waals surface area contributed by atoms with Gasteiger partial charge >= 0.3 is 5.97 Å². The summed E-state index contributed by atoms with van der Waals surface area (Å²) in [6.07, 6.45) is 3.07. The molecule has 0 saturated heterocycles. The minimum absolute atomic E-state index is 0.102. The molecule has 0 saturated carbocycles. The van der Waals surface area contributed by atoms with Crippen molar-refractivity contribution in [2.45, 2.75) is 6.61 Å². The Balaban J connectivity index is 1.60. The Morgan fingerprint density at radius 2 is 1.86 bits per heavy atom. The number of esters is 1. The second kappa shape index (κ2) is 9.75. The lowest BCUT2D eigenvalue weighted by molar-refractivity contribution is -0.139. The summed E-state index contributed by atoms with van der Waals surface area (Å²) in [5.41, 5.74) is 2.44. The lowest BCUT2D eigenvalue weighted by Gasteiger charge is -2.08. The smallest absolute Gasteiger partial charge is 0.331 e. The Kier molecular flexibility index (Phi) is 6.86. The Labute approximate surface area is 173 Å². The molecule has 3 rings (SSSR count). The van der Waals surface area contributed by atoms with Crippen molar-refractivity contribution in [3.05, 3.63) is 65.2 Å². The summed E-state index contributed by atoms with van der Waals surface area (Å²) in [6, 6.07) is 13.0. The molecule has 0 bridgehead atoms. The third kappa shape index (κ3) is 5.36. The maximum absolute atomic E-state index is 12.0. The van der Waals surface area contributed by atoms with Gasteiger partial charge in [-0.05, 0) is 42.0 Å². The standard InChI is InChI=1S/C22H21NO5S/c1-25-18-6-4-5-15(11-18)7-10-21(24)28-13-17-14-29-22(23-17)16-8-9-19(26-2)20(12-16)27-3/h4-12,14H,13H2,1-3H3/b10-7+. The molecule has 150 valence electrons. The summed E-state index contributed by atoms with van der Waals surface area (Å²) in [6.45, 7) is 0.102. The maximum atomic E-state index is 12.0. The molecule has 29 heavy (non-hydrogen) atoms. The highest BCUT2D eigenvalue weighted by Crippen LogP contribution is 2.33. The van der Waals surface area contributed by atoms with Crippen LogP contribution in [-0.2, 0) is 16.1 Å². The second-order valence-electron chi connectivity index (χ2n) is 5.93. The van der Waals surface area contributed by atoms with E-state index in [4.69, 9.17) is 18.9 Å². The summed E-state index contributed by atoms with van der Waals surface area (Å²) in [4.78, 5) is 16.5. The molecule has 0 N–H and O–H groups in total. The number of thiazole rings is 1. The van der Waals surface area contributed by atoms with Gasteiger partial charge in [0, 0.05) is 17.0 Å². The van der Waals surface area contributed by atoms with Crippen molar-refractivity contribution >= 4 is 23.4 Å². The molecule has 0 aliphatic heterocycles. The van der Waals surface area contributed by atoms with Crippen LogP contribution >= 0.6 is 11.3 Å². The SMILES string of the molecule is COc1cccc(/C=C/C(=O)OCc2csc(-c3ccc(OC)c(OC)c3)n2)c1. The van der Waals surface area contributed by atoms with Gasteiger partial charge in [0.1, 0.15) is 17.4 Å². The third-order valence-electron chi connectivity index (χ3n) is 4.05. The molecule has 3 aromatic rings. The quantitative estimate of drug-likeness (QED) is 0.399. The molecule has 0 unspecified atom stereocenters. The van der Waals surface area contributed by atoms with E-state index in [2.05, 4.69) is 4.98 Å². The van der Waals surface area contributed by atoms with Gasteiger partial charge in [-0.15, -0.1) is 11.3 Å². The first-order valence-corrected chi connectivity index (χ1v) is 9.66. The predicted octanol–water partition coefficient (Wildman–Crippen LogP) is 4.59. The molecule has 6 nitrogen and oxygen atoms in total. The second-order valence-corrected chi connectivity index (χ2v) is 6.79. The van der Waals surface area contributed by atoms with Crippen LogP contribution < -0.4 is 14.2 Å². The number of carbonyl (C=O) groups excluding carboxylic acids is 1. The summed E-state index contributed by atoms with van der Waals surface area (Å²) < 4.78 is 21.0. The van der Waals surface area contributed by atoms with Crippen molar-refractivity contribution in [2.24, 2.45) is 0 Å². The van der Waals surface area contributed by atoms with Crippen LogP contribution in [0.25, 0.3) is 16.6 Å². The van der Waals surface area contributed by atoms with Crippen molar-refractivity contribution in [2.75, 3.05) is 21.3 Å². The topological polar surface area (TPSA) is 66.9 Å². The average Bonchev–Trinajstić information content (AvgIpc) is 3.25. The van der Waals surface area contributed by atoms with Crippen molar-refractivity contribution in [1.29, 1.82) is 0 Å². The number of carbonyl (C=O) groups is 1. The number of benzene rings is 2. The summed E-state index contributed by atoms with van der Waals surface area (Å²) in [5, 5.41) is 2.68. The zero-order chi connectivity index (χ0) is 20.6. The number of nitrogens with zero attached hydrogens (tertiary/aromatic N) is 1. The minimum atomic E-state index is -0.437. The van der Waals surface area contributed by atoms with Gasteiger partial charge in [-0.2, -0.15) is 0 Å². The average molecular weight is 411 g/mol. The normalized spacial score (nSPS) is 10.7. The Morgan fingerprint density at radius 1 is 1.03 bits per heavy atom. The zero-order valence-electron chi connectivity index (χ0n) is 16.4. The van der Waals surface area contributed by atoms with Gasteiger partial charge in [-0.1, -0.05) is 12.1 Å². The van der Waals surface area contributed by atoms with Crippen LogP contribution in [0.3, 0.4) is 0 Å². The van der Waals surface area contributed by atoms with Crippen LogP contribution in [0.1, 0.15) is 11.3 Å². The van der Waals surface area contributed by atoms with E-state index in [1.54, 1.807) is 27.4 Å². The van der Waals surface area contributed by atoms with E-state index in [9.17, 15) is 4.79 Å². The largest absolute Gasteiger partial charge is 0.497 e. The highest BCUT2D eigenvalue weighted by molar-refractivity contribution is 7.13. The van der Waals surface area contributed by atoms with Crippen LogP contribution in [0.15, 0.2) is 53.9 Å². The molecule has 0 spiro atoms. The number of hydrogen-bond donors (Lipinski definition) is 0. The fraction of sp³-hybridized carbons (Fsp3) is 0.182. The van der Waals surface area contributed by atoms with Gasteiger partial charge in [0.25, 0.3) is 0 Å². The van der Waals surface area contributed by atoms with E-state index < -0.39 is 5.97 Å². The van der Waals surface area contributed by atoms with Gasteiger partial charge in [-0.3, -0.25) is 0 Å². The van der Waals surface area contributed by atoms with E-state index in [1.165, 1.54) is 17.4 Å². The molecule has 2 aromatic carbocycles. The molecule has 0 radical (unpaired) electrons. The summed E-state index contributed by atoms with van der Waals surface area (Å²) in [5.74, 6) is 1.58. The lowest BCUT2D eigenvalue weighted by atomic mass is 10.2. The first kappa shape index (κ1) is 20.4. The van der Waals surface area contributed by atoms with Crippen LogP contribution in [0.5, 0.6) is 17.2 Å². The molecule has 0 fully saturated rings. The molecular weight excluding hydrogens is 390 g/mol. The molecule has 1 aromatic heterocycles. The van der Waals surface area contributed by atoms with Crippen LogP contribution in [0.2, 0.25) is 0 Å². The predicted molar refractivity (Wildman–Crippen MR) is 112 cm³/mol. The van der Waals surface area contributed by atoms with E-state index in [0.29, 0.717) is 17.2 Å². The van der Waals surface area contributed by atoms with Crippen LogP contribution in [0.4, 0.5) is 0 Å². The zero-order valence-corrected chi connectivity index (χ0v) is 17.2. The van der Waals surface area contributed by atoms with Crippen molar-refractivity contribution in [1.82, 2.24) is 4.98 Å². The third-order valence-corrected chi connectivity index (χ3v) is 4.99. The number of aromatic nitrogens is 1. The first-order valence-electron chi connectivity index (χ1n) is 8.78. The molecule has 0 aliphatic rings. The van der Waals surface area contributed by atoms with Crippen LogP contribution in [0, 0.1) is 0 Å². The Bertz CT molecular complexity index is 1010. The van der Waals surface area contributed by atoms with Gasteiger partial charge in [-0.25, -0.2) is 9.78 Å². The molecule has 7 heteroatoms. The monoisotopic (exact) mass is 411 g/mol. The maximum Gasteiger partial charge on any atom is 0.331 e. The van der Waals surface area contributed by atoms with Crippen molar-refractivity contribution in [3.63, 3.8) is 0 Å². The molecule has 0 aliphatic carbocycles. The highest BCUT2D eigenvalue weighted by atomic mass is 32.1. The van der Waals surface area contributed by atoms with Gasteiger partial charge < -0.3 is 18.9 Å². The molecular formula is C22H21NO5S. The van der Waals surface area contributed by atoms with Crippen molar-refractivity contribution in [3.8, 4) is 27.8 Å². The van der Waals surface area contributed by atoms with E-state index >= 15 is 0 Å². The number of ether oxygens (including phenoxy) is 4. The number of methoxy groups -OCH3 is 3. The fourth-order valence-electron chi connectivity index (χ4n) is 2.58. The van der Waals surface area contributed by atoms with Crippen molar-refractivity contribution < 1.29 is 23.7 Å². The van der Waals surface area contributed by atoms with E-state index in [1.807, 2.05) is 47.8 Å². The van der Waals surface area contributed by atoms with E-state index in [-0.39, 0.29) is 6.61 Å². The first-order chi connectivity index (χ1) is 14.1. The summed E-state index contributed by atoms with van der Waals surface area (Å²) in [7, 11) is 4.78. The lowest BCUT2D eigenvalue weighted by Crippen LogP contribution is -2.01. The Morgan fingerprint density at radius 3 is 2.62 bits per heavy atom. The summed E-state index contributed by atoms with van der Waals surface area (Å²) >= 11 is 1.47. The van der Waals surface area contributed by atoms with Gasteiger partial charge in [0.05, 0.1) is 27.0 Å². The minimum Gasteiger partial charge on any atom is -0.497 e. The van der Waals surface area contributed by atoms with Gasteiger partial charge in [0.15, 0.2) is 11.5 Å². The van der Waals surface area contributed by atoms with E-state index in [0.717, 1.165) is 21.9 Å². The van der Waals surface area contributed by atoms with Gasteiger partial charge in [0.2, 0.25) is 0 Å². The molecule has 1 heterocycles. The Hall–Kier alpha value is -3.32. The fourth-order valence-corrected chi connectivity index (χ4v) is 3.38. The van der Waals surface area contributed by atoms with Crippen LogP contribution in [-0.4, -0.2) is 32.3 Å². The number of hydrogen-bond acceptors (Lipinski definition) is 7. The highest BCUT2D eigenvalue weighted by Gasteiger charge is 2.10.